The molecule has 92 valence electrons. The molecule has 2 unspecified atom stereocenters. The van der Waals surface area contributed by atoms with E-state index in [9.17, 15) is 0 Å². The van der Waals surface area contributed by atoms with Crippen LogP contribution in [-0.4, -0.2) is 12.8 Å². The Kier molecular flexibility index (Phi) is 6.10. The Morgan fingerprint density at radius 1 is 1.29 bits per heavy atom. The summed E-state index contributed by atoms with van der Waals surface area (Å²) in [5.74, 6) is 1.12. The maximum absolute atomic E-state index is 9.13. The Bertz CT molecular complexity index is 367. The van der Waals surface area contributed by atoms with Gasteiger partial charge >= 0.3 is 0 Å². The van der Waals surface area contributed by atoms with Gasteiger partial charge in [0.05, 0.1) is 12.0 Å². The summed E-state index contributed by atoms with van der Waals surface area (Å²) in [7, 11) is 1.92. The first kappa shape index (κ1) is 14.1. The van der Waals surface area contributed by atoms with Gasteiger partial charge in [-0.1, -0.05) is 26.0 Å². The molecule has 0 bridgehead atoms. The Morgan fingerprint density at radius 2 is 1.94 bits per heavy atom. The Labute approximate surface area is 108 Å². The third-order valence-corrected chi connectivity index (χ3v) is 3.76. The Morgan fingerprint density at radius 3 is 2.35 bits per heavy atom. The van der Waals surface area contributed by atoms with Crippen molar-refractivity contribution in [3.63, 3.8) is 0 Å². The Hall–Kier alpha value is -0.980. The second kappa shape index (κ2) is 7.37. The van der Waals surface area contributed by atoms with Crippen molar-refractivity contribution in [2.45, 2.75) is 31.2 Å². The summed E-state index contributed by atoms with van der Waals surface area (Å²) in [4.78, 5) is 1.29. The molecular weight excluding hydrogens is 228 g/mol. The molecule has 0 fully saturated rings. The maximum Gasteiger partial charge on any atom is 0.0675 e. The van der Waals surface area contributed by atoms with Crippen LogP contribution >= 0.6 is 11.8 Å². The molecule has 0 saturated heterocycles. The standard InChI is InChI=1S/C14H20N2S/c1-4-11(10-15)14(16-3)12-6-8-13(9-7-12)17-5-2/h6-9,11,14,16H,4-5H2,1-3H3. The number of benzene rings is 1. The van der Waals surface area contributed by atoms with Gasteiger partial charge in [0.2, 0.25) is 0 Å². The van der Waals surface area contributed by atoms with E-state index in [1.807, 2.05) is 18.8 Å². The van der Waals surface area contributed by atoms with Gasteiger partial charge in [0.15, 0.2) is 0 Å². The summed E-state index contributed by atoms with van der Waals surface area (Å²) in [5, 5.41) is 12.4. The summed E-state index contributed by atoms with van der Waals surface area (Å²) in [6, 6.07) is 11.0. The number of nitrogens with one attached hydrogen (secondary N) is 1. The van der Waals surface area contributed by atoms with Crippen molar-refractivity contribution in [2.24, 2.45) is 5.92 Å². The summed E-state index contributed by atoms with van der Waals surface area (Å²) >= 11 is 1.84. The average molecular weight is 248 g/mol. The van der Waals surface area contributed by atoms with Crippen molar-refractivity contribution in [1.29, 1.82) is 5.26 Å². The molecule has 1 N–H and O–H groups in total. The first-order valence-electron chi connectivity index (χ1n) is 6.06. The highest BCUT2D eigenvalue weighted by Crippen LogP contribution is 2.26. The van der Waals surface area contributed by atoms with Crippen LogP contribution in [0.5, 0.6) is 0 Å². The lowest BCUT2D eigenvalue weighted by Crippen LogP contribution is -2.23. The molecule has 0 saturated carbocycles. The minimum Gasteiger partial charge on any atom is -0.312 e. The summed E-state index contributed by atoms with van der Waals surface area (Å²) in [6.07, 6.45) is 0.869. The molecule has 0 aromatic heterocycles. The third-order valence-electron chi connectivity index (χ3n) is 2.87. The summed E-state index contributed by atoms with van der Waals surface area (Å²) in [5.41, 5.74) is 1.20. The number of nitrogens with zero attached hydrogens (tertiary/aromatic N) is 1. The number of hydrogen-bond acceptors (Lipinski definition) is 3. The molecule has 0 radical (unpaired) electrons. The number of rotatable bonds is 6. The summed E-state index contributed by atoms with van der Waals surface area (Å²) in [6.45, 7) is 4.21. The van der Waals surface area contributed by atoms with Crippen LogP contribution < -0.4 is 5.32 Å². The van der Waals surface area contributed by atoms with Gasteiger partial charge in [-0.2, -0.15) is 5.26 Å². The first-order valence-corrected chi connectivity index (χ1v) is 7.05. The molecule has 0 heterocycles. The fourth-order valence-corrected chi connectivity index (χ4v) is 2.60. The number of thioether (sulfide) groups is 1. The molecule has 0 aliphatic carbocycles. The largest absolute Gasteiger partial charge is 0.312 e. The molecule has 1 aromatic carbocycles. The van der Waals surface area contributed by atoms with Crippen molar-refractivity contribution in [3.8, 4) is 6.07 Å². The normalized spacial score (nSPS) is 14.0. The van der Waals surface area contributed by atoms with E-state index in [0.717, 1.165) is 12.2 Å². The third kappa shape index (κ3) is 3.76. The smallest absolute Gasteiger partial charge is 0.0675 e. The SMILES string of the molecule is CCSc1ccc(C(NC)C(C#N)CC)cc1. The molecule has 17 heavy (non-hydrogen) atoms. The predicted octanol–water partition coefficient (Wildman–Crippen LogP) is 3.61. The molecule has 0 aliphatic rings. The van der Waals surface area contributed by atoms with Gasteiger partial charge in [-0.05, 0) is 36.9 Å². The van der Waals surface area contributed by atoms with E-state index in [-0.39, 0.29) is 12.0 Å². The number of nitriles is 1. The van der Waals surface area contributed by atoms with Crippen molar-refractivity contribution in [2.75, 3.05) is 12.8 Å². The molecular formula is C14H20N2S. The van der Waals surface area contributed by atoms with E-state index in [1.54, 1.807) is 0 Å². The number of hydrogen-bond donors (Lipinski definition) is 1. The molecule has 1 rings (SSSR count). The van der Waals surface area contributed by atoms with Gasteiger partial charge < -0.3 is 5.32 Å². The van der Waals surface area contributed by atoms with Crippen LogP contribution in [0, 0.1) is 17.2 Å². The van der Waals surface area contributed by atoms with E-state index < -0.39 is 0 Å². The molecule has 1 aromatic rings. The Balaban J connectivity index is 2.86. The second-order valence-corrected chi connectivity index (χ2v) is 5.25. The van der Waals surface area contributed by atoms with Crippen LogP contribution in [-0.2, 0) is 0 Å². The van der Waals surface area contributed by atoms with Crippen LogP contribution in [0.15, 0.2) is 29.2 Å². The van der Waals surface area contributed by atoms with Crippen LogP contribution in [0.1, 0.15) is 31.9 Å². The summed E-state index contributed by atoms with van der Waals surface area (Å²) < 4.78 is 0. The van der Waals surface area contributed by atoms with E-state index in [4.69, 9.17) is 5.26 Å². The van der Waals surface area contributed by atoms with Gasteiger partial charge in [-0.3, -0.25) is 0 Å². The minimum atomic E-state index is 0.0321. The lowest BCUT2D eigenvalue weighted by atomic mass is 9.92. The van der Waals surface area contributed by atoms with Crippen LogP contribution in [0.3, 0.4) is 0 Å². The van der Waals surface area contributed by atoms with Crippen LogP contribution in [0.2, 0.25) is 0 Å². The van der Waals surface area contributed by atoms with Crippen molar-refractivity contribution in [1.82, 2.24) is 5.32 Å². The maximum atomic E-state index is 9.13. The highest BCUT2D eigenvalue weighted by Gasteiger charge is 2.19. The van der Waals surface area contributed by atoms with E-state index in [2.05, 4.69) is 49.5 Å². The fourth-order valence-electron chi connectivity index (χ4n) is 1.94. The van der Waals surface area contributed by atoms with Gasteiger partial charge in [-0.15, -0.1) is 11.8 Å². The lowest BCUT2D eigenvalue weighted by molar-refractivity contribution is 0.449. The van der Waals surface area contributed by atoms with Gasteiger partial charge in [0, 0.05) is 10.9 Å². The zero-order chi connectivity index (χ0) is 12.7. The van der Waals surface area contributed by atoms with E-state index in [0.29, 0.717) is 0 Å². The van der Waals surface area contributed by atoms with Gasteiger partial charge in [0.1, 0.15) is 0 Å². The fraction of sp³-hybridized carbons (Fsp3) is 0.500. The molecule has 0 amide bonds. The van der Waals surface area contributed by atoms with Gasteiger partial charge in [-0.25, -0.2) is 0 Å². The monoisotopic (exact) mass is 248 g/mol. The molecule has 0 aliphatic heterocycles. The highest BCUT2D eigenvalue weighted by atomic mass is 32.2. The zero-order valence-corrected chi connectivity index (χ0v) is 11.6. The predicted molar refractivity (Wildman–Crippen MR) is 74.0 cm³/mol. The van der Waals surface area contributed by atoms with Crippen molar-refractivity contribution in [3.05, 3.63) is 29.8 Å². The van der Waals surface area contributed by atoms with Crippen LogP contribution in [0.25, 0.3) is 0 Å². The topological polar surface area (TPSA) is 35.8 Å². The quantitative estimate of drug-likeness (QED) is 0.781. The molecule has 2 nitrogen and oxygen atoms in total. The van der Waals surface area contributed by atoms with Gasteiger partial charge in [0.25, 0.3) is 0 Å². The minimum absolute atomic E-state index is 0.0321. The first-order chi connectivity index (χ1) is 8.26. The molecule has 3 heteroatoms. The van der Waals surface area contributed by atoms with E-state index in [1.165, 1.54) is 10.5 Å². The lowest BCUT2D eigenvalue weighted by Gasteiger charge is -2.21. The molecule has 0 spiro atoms. The molecule has 2 atom stereocenters. The second-order valence-electron chi connectivity index (χ2n) is 3.91. The van der Waals surface area contributed by atoms with Crippen LogP contribution in [0.4, 0.5) is 0 Å². The van der Waals surface area contributed by atoms with Crippen molar-refractivity contribution >= 4 is 11.8 Å². The average Bonchev–Trinajstić information content (AvgIpc) is 2.37. The van der Waals surface area contributed by atoms with Crippen molar-refractivity contribution < 1.29 is 0 Å². The van der Waals surface area contributed by atoms with E-state index >= 15 is 0 Å². The highest BCUT2D eigenvalue weighted by molar-refractivity contribution is 7.99. The zero-order valence-electron chi connectivity index (χ0n) is 10.7.